The van der Waals surface area contributed by atoms with Gasteiger partial charge in [-0.2, -0.15) is 0 Å². The lowest BCUT2D eigenvalue weighted by atomic mass is 9.93. The van der Waals surface area contributed by atoms with Crippen LogP contribution in [0.15, 0.2) is 30.3 Å². The SMILES string of the molecule is C[C@@H]1CC[C@@H](C(=O)NC2CC2)CN1C(=O)OCc1ccccc1. The van der Waals surface area contributed by atoms with Crippen molar-refractivity contribution in [2.45, 2.75) is 51.3 Å². The van der Waals surface area contributed by atoms with Crippen molar-refractivity contribution in [2.24, 2.45) is 5.92 Å². The Morgan fingerprint density at radius 2 is 1.91 bits per heavy atom. The largest absolute Gasteiger partial charge is 0.445 e. The van der Waals surface area contributed by atoms with Gasteiger partial charge in [-0.3, -0.25) is 4.79 Å². The molecular weight excluding hydrogens is 292 g/mol. The fourth-order valence-corrected chi connectivity index (χ4v) is 2.92. The molecule has 1 aliphatic carbocycles. The van der Waals surface area contributed by atoms with Gasteiger partial charge >= 0.3 is 6.09 Å². The molecule has 2 aliphatic rings. The van der Waals surface area contributed by atoms with Crippen LogP contribution in [-0.4, -0.2) is 35.5 Å². The van der Waals surface area contributed by atoms with Gasteiger partial charge < -0.3 is 15.0 Å². The fraction of sp³-hybridized carbons (Fsp3) is 0.556. The van der Waals surface area contributed by atoms with E-state index in [9.17, 15) is 9.59 Å². The van der Waals surface area contributed by atoms with E-state index in [0.29, 0.717) is 12.6 Å². The van der Waals surface area contributed by atoms with Gasteiger partial charge in [0.25, 0.3) is 0 Å². The second-order valence-electron chi connectivity index (χ2n) is 6.60. The van der Waals surface area contributed by atoms with Crippen LogP contribution < -0.4 is 5.32 Å². The first kappa shape index (κ1) is 15.8. The zero-order valence-corrected chi connectivity index (χ0v) is 13.5. The molecule has 2 fully saturated rings. The summed E-state index contributed by atoms with van der Waals surface area (Å²) in [7, 11) is 0. The van der Waals surface area contributed by atoms with Crippen LogP contribution in [0, 0.1) is 5.92 Å². The molecule has 2 amide bonds. The van der Waals surface area contributed by atoms with Gasteiger partial charge in [-0.1, -0.05) is 30.3 Å². The van der Waals surface area contributed by atoms with E-state index in [-0.39, 0.29) is 30.6 Å². The number of nitrogens with one attached hydrogen (secondary N) is 1. The number of hydrogen-bond acceptors (Lipinski definition) is 3. The molecule has 1 N–H and O–H groups in total. The molecular formula is C18H24N2O3. The summed E-state index contributed by atoms with van der Waals surface area (Å²) < 4.78 is 5.41. The van der Waals surface area contributed by atoms with E-state index in [4.69, 9.17) is 4.74 Å². The van der Waals surface area contributed by atoms with Gasteiger partial charge in [-0.05, 0) is 38.2 Å². The molecule has 0 unspecified atom stereocenters. The summed E-state index contributed by atoms with van der Waals surface area (Å²) in [4.78, 5) is 26.3. The van der Waals surface area contributed by atoms with E-state index in [2.05, 4.69) is 5.32 Å². The average Bonchev–Trinajstić information content (AvgIpc) is 3.38. The van der Waals surface area contributed by atoms with Gasteiger partial charge in [-0.15, -0.1) is 0 Å². The lowest BCUT2D eigenvalue weighted by Gasteiger charge is -2.36. The first-order valence-electron chi connectivity index (χ1n) is 8.41. The highest BCUT2D eigenvalue weighted by Crippen LogP contribution is 2.25. The first-order chi connectivity index (χ1) is 11.1. The van der Waals surface area contributed by atoms with E-state index in [0.717, 1.165) is 31.2 Å². The minimum Gasteiger partial charge on any atom is -0.445 e. The second-order valence-corrected chi connectivity index (χ2v) is 6.60. The molecule has 1 aliphatic heterocycles. The van der Waals surface area contributed by atoms with Crippen molar-refractivity contribution in [3.63, 3.8) is 0 Å². The van der Waals surface area contributed by atoms with Gasteiger partial charge in [0.15, 0.2) is 0 Å². The molecule has 0 aromatic heterocycles. The van der Waals surface area contributed by atoms with E-state index in [1.807, 2.05) is 37.3 Å². The summed E-state index contributed by atoms with van der Waals surface area (Å²) in [6.45, 7) is 2.73. The molecule has 1 aromatic carbocycles. The maximum absolute atomic E-state index is 12.4. The van der Waals surface area contributed by atoms with Crippen LogP contribution in [-0.2, 0) is 16.1 Å². The standard InChI is InChI=1S/C18H24N2O3/c1-13-7-8-15(17(21)19-16-9-10-16)11-20(13)18(22)23-12-14-5-3-2-4-6-14/h2-6,13,15-16H,7-12H2,1H3,(H,19,21)/t13-,15-/m1/s1. The average molecular weight is 316 g/mol. The molecule has 124 valence electrons. The third-order valence-corrected chi connectivity index (χ3v) is 4.62. The molecule has 5 nitrogen and oxygen atoms in total. The molecule has 0 radical (unpaired) electrons. The molecule has 23 heavy (non-hydrogen) atoms. The predicted octanol–water partition coefficient (Wildman–Crippen LogP) is 2.70. The van der Waals surface area contributed by atoms with Crippen LogP contribution in [0.25, 0.3) is 0 Å². The number of likely N-dealkylation sites (tertiary alicyclic amines) is 1. The lowest BCUT2D eigenvalue weighted by molar-refractivity contribution is -0.127. The molecule has 1 saturated heterocycles. The number of hydrogen-bond donors (Lipinski definition) is 1. The number of nitrogens with zero attached hydrogens (tertiary/aromatic N) is 1. The fourth-order valence-electron chi connectivity index (χ4n) is 2.92. The monoisotopic (exact) mass is 316 g/mol. The molecule has 2 atom stereocenters. The zero-order chi connectivity index (χ0) is 16.2. The number of amides is 2. The Labute approximate surface area is 137 Å². The molecule has 3 rings (SSSR count). The zero-order valence-electron chi connectivity index (χ0n) is 13.5. The molecule has 1 aromatic rings. The normalized spacial score (nSPS) is 24.1. The van der Waals surface area contributed by atoms with Crippen molar-refractivity contribution in [3.05, 3.63) is 35.9 Å². The molecule has 1 saturated carbocycles. The predicted molar refractivity (Wildman–Crippen MR) is 86.7 cm³/mol. The first-order valence-corrected chi connectivity index (χ1v) is 8.41. The van der Waals surface area contributed by atoms with Crippen LogP contribution in [0.2, 0.25) is 0 Å². The Morgan fingerprint density at radius 1 is 1.17 bits per heavy atom. The van der Waals surface area contributed by atoms with E-state index in [1.165, 1.54) is 0 Å². The summed E-state index contributed by atoms with van der Waals surface area (Å²) in [6.07, 6.45) is 3.51. The van der Waals surface area contributed by atoms with E-state index in [1.54, 1.807) is 4.90 Å². The van der Waals surface area contributed by atoms with Gasteiger partial charge in [0.2, 0.25) is 5.91 Å². The van der Waals surface area contributed by atoms with Crippen LogP contribution in [0.1, 0.15) is 38.2 Å². The Hall–Kier alpha value is -2.04. The number of rotatable bonds is 4. The van der Waals surface area contributed by atoms with E-state index >= 15 is 0 Å². The summed E-state index contributed by atoms with van der Waals surface area (Å²) >= 11 is 0. The van der Waals surface area contributed by atoms with Crippen LogP contribution >= 0.6 is 0 Å². The van der Waals surface area contributed by atoms with Gasteiger partial charge in [0.05, 0.1) is 5.92 Å². The van der Waals surface area contributed by atoms with Crippen molar-refractivity contribution >= 4 is 12.0 Å². The second kappa shape index (κ2) is 7.02. The van der Waals surface area contributed by atoms with Crippen LogP contribution in [0.3, 0.4) is 0 Å². The lowest BCUT2D eigenvalue weighted by Crippen LogP contribution is -2.49. The topological polar surface area (TPSA) is 58.6 Å². The Morgan fingerprint density at radius 3 is 2.61 bits per heavy atom. The summed E-state index contributed by atoms with van der Waals surface area (Å²) in [5.41, 5.74) is 0.966. The molecule has 5 heteroatoms. The third kappa shape index (κ3) is 4.24. The van der Waals surface area contributed by atoms with E-state index < -0.39 is 0 Å². The van der Waals surface area contributed by atoms with Crippen molar-refractivity contribution in [1.29, 1.82) is 0 Å². The van der Waals surface area contributed by atoms with Crippen molar-refractivity contribution in [1.82, 2.24) is 10.2 Å². The Balaban J connectivity index is 1.53. The van der Waals surface area contributed by atoms with Gasteiger partial charge in [-0.25, -0.2) is 4.79 Å². The minimum atomic E-state index is -0.328. The number of carbonyl (C=O) groups is 2. The number of ether oxygens (including phenoxy) is 1. The Kier molecular flexibility index (Phi) is 4.84. The van der Waals surface area contributed by atoms with Crippen molar-refractivity contribution in [2.75, 3.05) is 6.54 Å². The smallest absolute Gasteiger partial charge is 0.410 e. The number of carbonyl (C=O) groups excluding carboxylic acids is 2. The summed E-state index contributed by atoms with van der Waals surface area (Å²) in [6, 6.07) is 10.1. The molecule has 0 bridgehead atoms. The van der Waals surface area contributed by atoms with Crippen molar-refractivity contribution in [3.8, 4) is 0 Å². The summed E-state index contributed by atoms with van der Waals surface area (Å²) in [5, 5.41) is 3.04. The van der Waals surface area contributed by atoms with Crippen LogP contribution in [0.4, 0.5) is 4.79 Å². The highest BCUT2D eigenvalue weighted by atomic mass is 16.6. The minimum absolute atomic E-state index is 0.0836. The number of benzene rings is 1. The Bertz CT molecular complexity index is 557. The maximum atomic E-state index is 12.4. The van der Waals surface area contributed by atoms with Gasteiger partial charge in [0, 0.05) is 18.6 Å². The number of piperidine rings is 1. The van der Waals surface area contributed by atoms with Crippen molar-refractivity contribution < 1.29 is 14.3 Å². The molecule has 1 heterocycles. The molecule has 0 spiro atoms. The van der Waals surface area contributed by atoms with Gasteiger partial charge in [0.1, 0.15) is 6.61 Å². The summed E-state index contributed by atoms with van der Waals surface area (Å²) in [5.74, 6) is -0.0312. The maximum Gasteiger partial charge on any atom is 0.410 e. The quantitative estimate of drug-likeness (QED) is 0.929. The van der Waals surface area contributed by atoms with Crippen LogP contribution in [0.5, 0.6) is 0 Å². The highest BCUT2D eigenvalue weighted by Gasteiger charge is 2.35. The third-order valence-electron chi connectivity index (χ3n) is 4.62. The highest BCUT2D eigenvalue weighted by molar-refractivity contribution is 5.80.